The standard InChI is InChI=1S/C8H8ClF2NO/c9-6-2-1-3-7(5(6)4-12)13-8(10)11/h1-3,8H,4,12H2. The molecule has 0 heterocycles. The van der Waals surface area contributed by atoms with Gasteiger partial charge in [-0.3, -0.25) is 0 Å². The van der Waals surface area contributed by atoms with Gasteiger partial charge in [0.2, 0.25) is 0 Å². The van der Waals surface area contributed by atoms with E-state index >= 15 is 0 Å². The molecule has 0 aliphatic rings. The second-order valence-electron chi connectivity index (χ2n) is 2.30. The van der Waals surface area contributed by atoms with Crippen LogP contribution in [0, 0.1) is 0 Å². The van der Waals surface area contributed by atoms with E-state index < -0.39 is 6.61 Å². The van der Waals surface area contributed by atoms with Crippen molar-refractivity contribution in [1.29, 1.82) is 0 Å². The van der Waals surface area contributed by atoms with Crippen molar-refractivity contribution in [2.24, 2.45) is 5.73 Å². The minimum atomic E-state index is -2.86. The average Bonchev–Trinajstić information content (AvgIpc) is 2.03. The fourth-order valence-electron chi connectivity index (χ4n) is 0.943. The lowest BCUT2D eigenvalue weighted by Crippen LogP contribution is -2.07. The van der Waals surface area contributed by atoms with Crippen molar-refractivity contribution in [1.82, 2.24) is 0 Å². The normalized spacial score (nSPS) is 10.5. The van der Waals surface area contributed by atoms with E-state index in [0.717, 1.165) is 0 Å². The van der Waals surface area contributed by atoms with Crippen LogP contribution in [0.25, 0.3) is 0 Å². The Bertz CT molecular complexity index is 293. The Morgan fingerprint density at radius 3 is 2.69 bits per heavy atom. The van der Waals surface area contributed by atoms with Gasteiger partial charge in [-0.25, -0.2) is 0 Å². The molecule has 72 valence electrons. The third-order valence-electron chi connectivity index (χ3n) is 1.50. The van der Waals surface area contributed by atoms with Gasteiger partial charge in [0.25, 0.3) is 0 Å². The third kappa shape index (κ3) is 2.54. The first-order valence-electron chi connectivity index (χ1n) is 3.57. The Labute approximate surface area is 79.2 Å². The van der Waals surface area contributed by atoms with Gasteiger partial charge in [0.1, 0.15) is 5.75 Å². The number of halogens is 3. The Balaban J connectivity index is 2.98. The van der Waals surface area contributed by atoms with E-state index in [9.17, 15) is 8.78 Å². The monoisotopic (exact) mass is 207 g/mol. The van der Waals surface area contributed by atoms with E-state index in [0.29, 0.717) is 10.6 Å². The highest BCUT2D eigenvalue weighted by Gasteiger charge is 2.10. The van der Waals surface area contributed by atoms with Crippen LogP contribution in [0.1, 0.15) is 5.56 Å². The largest absolute Gasteiger partial charge is 0.434 e. The lowest BCUT2D eigenvalue weighted by atomic mass is 10.2. The van der Waals surface area contributed by atoms with Crippen LogP contribution in [0.3, 0.4) is 0 Å². The summed E-state index contributed by atoms with van der Waals surface area (Å²) in [5.41, 5.74) is 5.71. The van der Waals surface area contributed by atoms with E-state index in [1.165, 1.54) is 12.1 Å². The summed E-state index contributed by atoms with van der Waals surface area (Å²) >= 11 is 5.71. The predicted molar refractivity (Wildman–Crippen MR) is 46.0 cm³/mol. The van der Waals surface area contributed by atoms with Crippen molar-refractivity contribution >= 4 is 11.6 Å². The molecule has 0 amide bonds. The molecule has 0 fully saturated rings. The van der Waals surface area contributed by atoms with Crippen molar-refractivity contribution < 1.29 is 13.5 Å². The molecule has 13 heavy (non-hydrogen) atoms. The lowest BCUT2D eigenvalue weighted by Gasteiger charge is -2.09. The molecule has 0 unspecified atom stereocenters. The number of rotatable bonds is 3. The first-order valence-corrected chi connectivity index (χ1v) is 3.95. The van der Waals surface area contributed by atoms with Crippen molar-refractivity contribution in [3.63, 3.8) is 0 Å². The second kappa shape index (κ2) is 4.39. The summed E-state index contributed by atoms with van der Waals surface area (Å²) in [6, 6.07) is 4.50. The van der Waals surface area contributed by atoms with E-state index in [1.54, 1.807) is 6.07 Å². The molecule has 0 spiro atoms. The van der Waals surface area contributed by atoms with Gasteiger partial charge in [0, 0.05) is 17.1 Å². The van der Waals surface area contributed by atoms with Crippen LogP contribution in [0.4, 0.5) is 8.78 Å². The molecule has 5 heteroatoms. The Morgan fingerprint density at radius 2 is 2.15 bits per heavy atom. The molecule has 0 saturated heterocycles. The fourth-order valence-corrected chi connectivity index (χ4v) is 1.19. The van der Waals surface area contributed by atoms with Gasteiger partial charge in [-0.1, -0.05) is 17.7 Å². The van der Waals surface area contributed by atoms with Crippen molar-refractivity contribution in [2.75, 3.05) is 0 Å². The maximum atomic E-state index is 11.9. The molecular weight excluding hydrogens is 200 g/mol. The zero-order chi connectivity index (χ0) is 9.84. The number of nitrogens with two attached hydrogens (primary N) is 1. The minimum Gasteiger partial charge on any atom is -0.434 e. The maximum Gasteiger partial charge on any atom is 0.387 e. The molecule has 2 nitrogen and oxygen atoms in total. The van der Waals surface area contributed by atoms with Crippen LogP contribution in [0.5, 0.6) is 5.75 Å². The Hall–Kier alpha value is -0.870. The van der Waals surface area contributed by atoms with Crippen LogP contribution < -0.4 is 10.5 Å². The van der Waals surface area contributed by atoms with Gasteiger partial charge in [-0.15, -0.1) is 0 Å². The van der Waals surface area contributed by atoms with E-state index in [-0.39, 0.29) is 12.3 Å². The number of benzene rings is 1. The van der Waals surface area contributed by atoms with E-state index in [4.69, 9.17) is 17.3 Å². The molecule has 0 radical (unpaired) electrons. The summed E-state index contributed by atoms with van der Waals surface area (Å²) in [7, 11) is 0. The van der Waals surface area contributed by atoms with Gasteiger partial charge in [0.15, 0.2) is 0 Å². The molecule has 1 aromatic rings. The first kappa shape index (κ1) is 10.2. The van der Waals surface area contributed by atoms with Gasteiger partial charge in [-0.2, -0.15) is 8.78 Å². The average molecular weight is 208 g/mol. The molecule has 0 aliphatic heterocycles. The molecular formula is C8H8ClF2NO. The number of alkyl halides is 2. The van der Waals surface area contributed by atoms with Gasteiger partial charge < -0.3 is 10.5 Å². The molecule has 1 rings (SSSR count). The third-order valence-corrected chi connectivity index (χ3v) is 1.85. The minimum absolute atomic E-state index is 0.0324. The van der Waals surface area contributed by atoms with Crippen LogP contribution >= 0.6 is 11.6 Å². The SMILES string of the molecule is NCc1c(Cl)cccc1OC(F)F. The summed E-state index contributed by atoms with van der Waals surface area (Å²) in [5, 5.41) is 0.334. The summed E-state index contributed by atoms with van der Waals surface area (Å²) in [5.74, 6) is 0.0324. The van der Waals surface area contributed by atoms with Crippen molar-refractivity contribution in [2.45, 2.75) is 13.2 Å². The second-order valence-corrected chi connectivity index (χ2v) is 2.71. The smallest absolute Gasteiger partial charge is 0.387 e. The quantitative estimate of drug-likeness (QED) is 0.826. The predicted octanol–water partition coefficient (Wildman–Crippen LogP) is 2.40. The number of hydrogen-bond acceptors (Lipinski definition) is 2. The van der Waals surface area contributed by atoms with Crippen molar-refractivity contribution in [3.05, 3.63) is 28.8 Å². The van der Waals surface area contributed by atoms with Gasteiger partial charge in [-0.05, 0) is 12.1 Å². The highest BCUT2D eigenvalue weighted by molar-refractivity contribution is 6.31. The zero-order valence-corrected chi connectivity index (χ0v) is 7.39. The molecule has 0 atom stereocenters. The topological polar surface area (TPSA) is 35.2 Å². The zero-order valence-electron chi connectivity index (χ0n) is 6.64. The molecule has 0 aliphatic carbocycles. The highest BCUT2D eigenvalue weighted by Crippen LogP contribution is 2.26. The maximum absolute atomic E-state index is 11.9. The van der Waals surface area contributed by atoms with Gasteiger partial charge in [0.05, 0.1) is 0 Å². The van der Waals surface area contributed by atoms with Crippen LogP contribution in [0.15, 0.2) is 18.2 Å². The van der Waals surface area contributed by atoms with Gasteiger partial charge >= 0.3 is 6.61 Å². The molecule has 0 saturated carbocycles. The summed E-state index contributed by atoms with van der Waals surface area (Å²) in [6.45, 7) is -2.79. The Kier molecular flexibility index (Phi) is 3.45. The van der Waals surface area contributed by atoms with E-state index in [2.05, 4.69) is 4.74 Å². The van der Waals surface area contributed by atoms with Crippen LogP contribution in [-0.4, -0.2) is 6.61 Å². The molecule has 0 aromatic heterocycles. The summed E-state index contributed by atoms with van der Waals surface area (Å²) < 4.78 is 27.9. The summed E-state index contributed by atoms with van der Waals surface area (Å²) in [4.78, 5) is 0. The van der Waals surface area contributed by atoms with E-state index in [1.807, 2.05) is 0 Å². The first-order chi connectivity index (χ1) is 6.15. The molecule has 1 aromatic carbocycles. The molecule has 0 bridgehead atoms. The van der Waals surface area contributed by atoms with Crippen molar-refractivity contribution in [3.8, 4) is 5.75 Å². The lowest BCUT2D eigenvalue weighted by molar-refractivity contribution is -0.0504. The Morgan fingerprint density at radius 1 is 1.46 bits per heavy atom. The number of hydrogen-bond donors (Lipinski definition) is 1. The van der Waals surface area contributed by atoms with Crippen LogP contribution in [-0.2, 0) is 6.54 Å². The number of ether oxygens (including phenoxy) is 1. The highest BCUT2D eigenvalue weighted by atomic mass is 35.5. The van der Waals surface area contributed by atoms with Crippen LogP contribution in [0.2, 0.25) is 5.02 Å². The fraction of sp³-hybridized carbons (Fsp3) is 0.250. The summed E-state index contributed by atoms with van der Waals surface area (Å²) in [6.07, 6.45) is 0. The molecule has 2 N–H and O–H groups in total.